The molecule has 5 N–H and O–H groups in total. The van der Waals surface area contributed by atoms with Gasteiger partial charge in [-0.2, -0.15) is 0 Å². The Morgan fingerprint density at radius 1 is 0.882 bits per heavy atom. The quantitative estimate of drug-likeness (QED) is 0.306. The summed E-state index contributed by atoms with van der Waals surface area (Å²) in [5, 5.41) is 20.3. The number of primary amides is 1. The van der Waals surface area contributed by atoms with E-state index < -0.39 is 41.5 Å². The normalized spacial score (nSPS) is 12.5. The molecule has 1 aromatic heterocycles. The minimum atomic E-state index is -1.13. The molecule has 2 rings (SSSR count). The van der Waals surface area contributed by atoms with Crippen molar-refractivity contribution in [2.24, 2.45) is 11.7 Å². The highest BCUT2D eigenvalue weighted by Crippen LogP contribution is 2.15. The number of benzene rings is 1. The van der Waals surface area contributed by atoms with Crippen molar-refractivity contribution in [2.75, 3.05) is 0 Å². The van der Waals surface area contributed by atoms with E-state index in [0.717, 1.165) is 11.3 Å². The fourth-order valence-electron chi connectivity index (χ4n) is 3.47. The Kier molecular flexibility index (Phi) is 10.0. The number of carbonyl (C=O) groups excluding carboxylic acids is 3. The highest BCUT2D eigenvalue weighted by Gasteiger charge is 2.27. The summed E-state index contributed by atoms with van der Waals surface area (Å²) in [7, 11) is 0. The fourth-order valence-corrected chi connectivity index (χ4v) is 3.47. The molecule has 0 fully saturated rings. The van der Waals surface area contributed by atoms with E-state index in [0.29, 0.717) is 6.42 Å². The molecule has 0 aliphatic carbocycles. The van der Waals surface area contributed by atoms with Gasteiger partial charge in [0.15, 0.2) is 5.78 Å². The molecule has 0 bridgehead atoms. The van der Waals surface area contributed by atoms with Crippen molar-refractivity contribution < 1.29 is 34.2 Å². The maximum Gasteiger partial charge on any atom is 0.303 e. The van der Waals surface area contributed by atoms with Crippen molar-refractivity contribution in [1.82, 2.24) is 9.88 Å². The number of carbonyl (C=O) groups is 5. The van der Waals surface area contributed by atoms with Gasteiger partial charge in [-0.3, -0.25) is 24.0 Å². The second-order valence-corrected chi connectivity index (χ2v) is 8.01. The van der Waals surface area contributed by atoms with Gasteiger partial charge in [0.25, 0.3) is 0 Å². The topological polar surface area (TPSA) is 169 Å². The van der Waals surface area contributed by atoms with Crippen LogP contribution in [0.25, 0.3) is 5.69 Å². The molecule has 0 unspecified atom stereocenters. The molecular weight excluding hydrogens is 442 g/mol. The van der Waals surface area contributed by atoms with Crippen molar-refractivity contribution in [3.8, 4) is 5.69 Å². The van der Waals surface area contributed by atoms with Gasteiger partial charge < -0.3 is 25.8 Å². The lowest BCUT2D eigenvalue weighted by Crippen LogP contribution is -2.43. The Labute approximate surface area is 196 Å². The molecule has 0 saturated heterocycles. The number of amides is 2. The largest absolute Gasteiger partial charge is 0.481 e. The number of hydrogen-bond donors (Lipinski definition) is 4. The lowest BCUT2D eigenvalue weighted by molar-refractivity contribution is -0.139. The van der Waals surface area contributed by atoms with Crippen LogP contribution >= 0.6 is 0 Å². The number of nitrogens with zero attached hydrogens (tertiary/aromatic N) is 1. The van der Waals surface area contributed by atoms with Crippen LogP contribution in [0.3, 0.4) is 0 Å². The van der Waals surface area contributed by atoms with E-state index >= 15 is 0 Å². The van der Waals surface area contributed by atoms with Crippen molar-refractivity contribution in [2.45, 2.75) is 51.0 Å². The summed E-state index contributed by atoms with van der Waals surface area (Å²) in [5.74, 6) is -5.07. The second-order valence-electron chi connectivity index (χ2n) is 8.01. The summed E-state index contributed by atoms with van der Waals surface area (Å²) < 4.78 is 1.95. The van der Waals surface area contributed by atoms with Crippen molar-refractivity contribution >= 4 is 29.5 Å². The average Bonchev–Trinajstić information content (AvgIpc) is 3.32. The predicted molar refractivity (Wildman–Crippen MR) is 122 cm³/mol. The molecule has 0 radical (unpaired) electrons. The summed E-state index contributed by atoms with van der Waals surface area (Å²) >= 11 is 0. The molecule has 2 amide bonds. The summed E-state index contributed by atoms with van der Waals surface area (Å²) in [6, 6.07) is 10.4. The van der Waals surface area contributed by atoms with Crippen LogP contribution in [-0.2, 0) is 30.4 Å². The smallest absolute Gasteiger partial charge is 0.303 e. The first-order valence-corrected chi connectivity index (χ1v) is 10.9. The predicted octanol–water partition coefficient (Wildman–Crippen LogP) is 1.68. The van der Waals surface area contributed by atoms with Crippen molar-refractivity contribution in [3.05, 3.63) is 54.4 Å². The number of ketones is 1. The first-order chi connectivity index (χ1) is 16.2. The van der Waals surface area contributed by atoms with Crippen molar-refractivity contribution in [3.63, 3.8) is 0 Å². The van der Waals surface area contributed by atoms with Gasteiger partial charge in [-0.15, -0.1) is 0 Å². The highest BCUT2D eigenvalue weighted by molar-refractivity contribution is 5.92. The zero-order chi connectivity index (χ0) is 25.1. The van der Waals surface area contributed by atoms with Crippen LogP contribution in [0, 0.1) is 5.92 Å². The second kappa shape index (κ2) is 12.9. The Bertz CT molecular complexity index is 1000. The van der Waals surface area contributed by atoms with E-state index in [-0.39, 0.29) is 38.5 Å². The van der Waals surface area contributed by atoms with E-state index in [1.807, 2.05) is 53.4 Å². The molecule has 10 nitrogen and oxygen atoms in total. The zero-order valence-corrected chi connectivity index (χ0v) is 18.7. The van der Waals surface area contributed by atoms with Gasteiger partial charge in [0.1, 0.15) is 0 Å². The minimum Gasteiger partial charge on any atom is -0.481 e. The van der Waals surface area contributed by atoms with Crippen LogP contribution < -0.4 is 11.1 Å². The lowest BCUT2D eigenvalue weighted by atomic mass is 9.92. The van der Waals surface area contributed by atoms with E-state index in [1.54, 1.807) is 0 Å². The van der Waals surface area contributed by atoms with Crippen LogP contribution in [-0.4, -0.2) is 50.4 Å². The van der Waals surface area contributed by atoms with Gasteiger partial charge in [0, 0.05) is 49.7 Å². The van der Waals surface area contributed by atoms with Gasteiger partial charge in [-0.05, 0) is 49.1 Å². The Balaban J connectivity index is 1.95. The number of carboxylic acid groups (broad SMARTS) is 2. The molecule has 10 heteroatoms. The molecule has 0 saturated carbocycles. The highest BCUT2D eigenvalue weighted by atomic mass is 16.4. The van der Waals surface area contributed by atoms with Gasteiger partial charge in [0.05, 0.1) is 6.04 Å². The number of hydrogen-bond acceptors (Lipinski definition) is 5. The SMILES string of the molecule is NC(=O)[C@H](CCC(=O)O)CC(=O)[C@H](CCC(=O)O)NC(=O)CCc1ccc(-n2cccc2)cc1. The van der Waals surface area contributed by atoms with Crippen molar-refractivity contribution in [1.29, 1.82) is 0 Å². The third-order valence-electron chi connectivity index (χ3n) is 5.41. The van der Waals surface area contributed by atoms with Crippen LogP contribution in [0.2, 0.25) is 0 Å². The Morgan fingerprint density at radius 3 is 2.03 bits per heavy atom. The Hall–Kier alpha value is -3.95. The molecule has 0 aliphatic rings. The van der Waals surface area contributed by atoms with Crippen LogP contribution in [0.4, 0.5) is 0 Å². The van der Waals surface area contributed by atoms with Gasteiger partial charge in [0.2, 0.25) is 11.8 Å². The standard InChI is InChI=1S/C24H29N3O7/c25-24(34)17(6-11-22(30)31)15-20(28)19(9-12-23(32)33)26-21(29)10-5-16-3-7-18(8-4-16)27-13-1-2-14-27/h1-4,7-8,13-14,17,19H,5-6,9-12,15H2,(H2,25,34)(H,26,29)(H,30,31)(H,32,33)/t17-,19+/m1/s1. The molecule has 2 aromatic rings. The molecule has 2 atom stereocenters. The fraction of sp³-hybridized carbons (Fsp3) is 0.375. The van der Waals surface area contributed by atoms with E-state index in [1.165, 1.54) is 0 Å². The van der Waals surface area contributed by atoms with Gasteiger partial charge >= 0.3 is 11.9 Å². The molecule has 1 aromatic carbocycles. The summed E-state index contributed by atoms with van der Waals surface area (Å²) in [6.45, 7) is 0. The number of nitrogens with one attached hydrogen (secondary N) is 1. The summed E-state index contributed by atoms with van der Waals surface area (Å²) in [5.41, 5.74) is 7.18. The van der Waals surface area contributed by atoms with E-state index in [9.17, 15) is 24.0 Å². The maximum atomic E-state index is 12.7. The van der Waals surface area contributed by atoms with Crippen LogP contribution in [0.1, 0.15) is 44.1 Å². The molecular formula is C24H29N3O7. The summed E-state index contributed by atoms with van der Waals surface area (Å²) in [6.07, 6.45) is 3.02. The minimum absolute atomic E-state index is 0.0813. The van der Waals surface area contributed by atoms with E-state index in [4.69, 9.17) is 15.9 Å². The number of Topliss-reactive ketones (excluding diaryl/α,β-unsaturated/α-hetero) is 1. The Morgan fingerprint density at radius 2 is 1.47 bits per heavy atom. The zero-order valence-electron chi connectivity index (χ0n) is 18.7. The lowest BCUT2D eigenvalue weighted by Gasteiger charge is -2.19. The number of carboxylic acids is 2. The number of rotatable bonds is 15. The number of aryl methyl sites for hydroxylation is 1. The molecule has 182 valence electrons. The third-order valence-corrected chi connectivity index (χ3v) is 5.41. The first kappa shape index (κ1) is 26.3. The first-order valence-electron chi connectivity index (χ1n) is 10.9. The number of nitrogens with two attached hydrogens (primary N) is 1. The summed E-state index contributed by atoms with van der Waals surface area (Å²) in [4.78, 5) is 58.6. The number of aliphatic carboxylic acids is 2. The van der Waals surface area contributed by atoms with E-state index in [2.05, 4.69) is 5.32 Å². The van der Waals surface area contributed by atoms with Crippen LogP contribution in [0.15, 0.2) is 48.8 Å². The molecule has 1 heterocycles. The molecule has 0 spiro atoms. The monoisotopic (exact) mass is 471 g/mol. The molecule has 34 heavy (non-hydrogen) atoms. The molecule has 0 aliphatic heterocycles. The van der Waals surface area contributed by atoms with Gasteiger partial charge in [-0.1, -0.05) is 12.1 Å². The number of aromatic nitrogens is 1. The van der Waals surface area contributed by atoms with Gasteiger partial charge in [-0.25, -0.2) is 0 Å². The average molecular weight is 472 g/mol. The third kappa shape index (κ3) is 8.89. The maximum absolute atomic E-state index is 12.7. The van der Waals surface area contributed by atoms with Crippen LogP contribution in [0.5, 0.6) is 0 Å².